The monoisotopic (exact) mass is 363 g/mol. The lowest BCUT2D eigenvalue weighted by Gasteiger charge is -2.26. The molecule has 1 amide bonds. The summed E-state index contributed by atoms with van der Waals surface area (Å²) in [6, 6.07) is 14.9. The lowest BCUT2D eigenvalue weighted by molar-refractivity contribution is 0.0724. The van der Waals surface area contributed by atoms with Crippen molar-refractivity contribution in [3.8, 4) is 28.6 Å². The van der Waals surface area contributed by atoms with E-state index in [1.807, 2.05) is 53.4 Å². The Morgan fingerprint density at radius 1 is 1.04 bits per heavy atom. The van der Waals surface area contributed by atoms with Gasteiger partial charge in [0.05, 0.1) is 7.11 Å². The van der Waals surface area contributed by atoms with Crippen LogP contribution in [0.5, 0.6) is 5.75 Å². The van der Waals surface area contributed by atoms with Gasteiger partial charge in [-0.3, -0.25) is 4.79 Å². The third-order valence-corrected chi connectivity index (χ3v) is 4.75. The maximum absolute atomic E-state index is 12.7. The van der Waals surface area contributed by atoms with Gasteiger partial charge in [0.15, 0.2) is 0 Å². The molecule has 1 aromatic heterocycles. The third-order valence-electron chi connectivity index (χ3n) is 4.75. The number of rotatable bonds is 4. The molecule has 0 unspecified atom stereocenters. The van der Waals surface area contributed by atoms with Crippen molar-refractivity contribution in [2.24, 2.45) is 0 Å². The Balaban J connectivity index is 1.59. The van der Waals surface area contributed by atoms with E-state index in [1.54, 1.807) is 7.11 Å². The minimum absolute atomic E-state index is 0.0630. The van der Waals surface area contributed by atoms with Crippen LogP contribution in [-0.4, -0.2) is 41.1 Å². The van der Waals surface area contributed by atoms with Crippen LogP contribution in [-0.2, 0) is 0 Å². The highest BCUT2D eigenvalue weighted by Crippen LogP contribution is 2.26. The highest BCUT2D eigenvalue weighted by Gasteiger charge is 2.19. The fourth-order valence-corrected chi connectivity index (χ4v) is 3.28. The number of ether oxygens (including phenoxy) is 1. The Morgan fingerprint density at radius 2 is 1.81 bits per heavy atom. The molecule has 1 aliphatic heterocycles. The van der Waals surface area contributed by atoms with Crippen molar-refractivity contribution < 1.29 is 14.1 Å². The zero-order chi connectivity index (χ0) is 18.6. The fourth-order valence-electron chi connectivity index (χ4n) is 3.28. The molecule has 4 rings (SSSR count). The number of hydrogen-bond acceptors (Lipinski definition) is 5. The molecule has 0 atom stereocenters. The maximum atomic E-state index is 12.7. The number of aromatic nitrogens is 2. The van der Waals surface area contributed by atoms with E-state index in [4.69, 9.17) is 9.26 Å². The summed E-state index contributed by atoms with van der Waals surface area (Å²) in [6.07, 6.45) is 3.33. The Labute approximate surface area is 157 Å². The fraction of sp³-hybridized carbons (Fsp3) is 0.286. The van der Waals surface area contributed by atoms with E-state index in [0.29, 0.717) is 17.3 Å². The molecular formula is C21H21N3O3. The minimum Gasteiger partial charge on any atom is -0.497 e. The van der Waals surface area contributed by atoms with E-state index in [9.17, 15) is 4.79 Å². The van der Waals surface area contributed by atoms with Crippen molar-refractivity contribution >= 4 is 5.91 Å². The van der Waals surface area contributed by atoms with Gasteiger partial charge in [-0.1, -0.05) is 23.4 Å². The van der Waals surface area contributed by atoms with Gasteiger partial charge in [-0.05, 0) is 49.6 Å². The molecule has 0 spiro atoms. The van der Waals surface area contributed by atoms with Crippen molar-refractivity contribution in [2.45, 2.75) is 19.3 Å². The second-order valence-electron chi connectivity index (χ2n) is 6.59. The molecule has 1 aliphatic rings. The number of amides is 1. The number of piperidine rings is 1. The average molecular weight is 363 g/mol. The Kier molecular flexibility index (Phi) is 4.87. The Bertz CT molecular complexity index is 945. The van der Waals surface area contributed by atoms with Gasteiger partial charge in [0.1, 0.15) is 5.75 Å². The lowest BCUT2D eigenvalue weighted by atomic mass is 10.1. The number of methoxy groups -OCH3 is 1. The van der Waals surface area contributed by atoms with Gasteiger partial charge >= 0.3 is 0 Å². The number of nitrogens with zero attached hydrogens (tertiary/aromatic N) is 3. The first-order chi connectivity index (χ1) is 13.2. The zero-order valence-corrected chi connectivity index (χ0v) is 15.2. The van der Waals surface area contributed by atoms with Crippen molar-refractivity contribution in [2.75, 3.05) is 20.2 Å². The first kappa shape index (κ1) is 17.3. The van der Waals surface area contributed by atoms with Gasteiger partial charge in [0.2, 0.25) is 5.82 Å². The van der Waals surface area contributed by atoms with Crippen LogP contribution in [0.1, 0.15) is 29.6 Å². The molecule has 2 aromatic carbocycles. The molecule has 27 heavy (non-hydrogen) atoms. The van der Waals surface area contributed by atoms with Crippen LogP contribution in [0, 0.1) is 0 Å². The summed E-state index contributed by atoms with van der Waals surface area (Å²) in [6.45, 7) is 1.65. The topological polar surface area (TPSA) is 68.5 Å². The molecular weight excluding hydrogens is 342 g/mol. The number of benzene rings is 2. The predicted molar refractivity (Wildman–Crippen MR) is 101 cm³/mol. The molecule has 0 saturated carbocycles. The summed E-state index contributed by atoms with van der Waals surface area (Å²) >= 11 is 0. The standard InChI is InChI=1S/C21H21N3O3/c1-26-18-10-6-8-16(14-18)20-22-19(23-27-20)15-7-5-9-17(13-15)21(25)24-11-3-2-4-12-24/h5-10,13-14H,2-4,11-12H2,1H3. The van der Waals surface area contributed by atoms with Crippen LogP contribution in [0.25, 0.3) is 22.8 Å². The van der Waals surface area contributed by atoms with Crippen LogP contribution in [0.3, 0.4) is 0 Å². The van der Waals surface area contributed by atoms with E-state index in [1.165, 1.54) is 6.42 Å². The van der Waals surface area contributed by atoms with Crippen LogP contribution in [0.4, 0.5) is 0 Å². The second-order valence-corrected chi connectivity index (χ2v) is 6.59. The van der Waals surface area contributed by atoms with Gasteiger partial charge in [-0.15, -0.1) is 0 Å². The predicted octanol–water partition coefficient (Wildman–Crippen LogP) is 4.04. The van der Waals surface area contributed by atoms with E-state index < -0.39 is 0 Å². The molecule has 3 aromatic rings. The molecule has 0 radical (unpaired) electrons. The van der Waals surface area contributed by atoms with Crippen LogP contribution < -0.4 is 4.74 Å². The highest BCUT2D eigenvalue weighted by molar-refractivity contribution is 5.95. The van der Waals surface area contributed by atoms with Gasteiger partial charge < -0.3 is 14.2 Å². The lowest BCUT2D eigenvalue weighted by Crippen LogP contribution is -2.35. The van der Waals surface area contributed by atoms with Crippen molar-refractivity contribution in [3.63, 3.8) is 0 Å². The molecule has 1 fully saturated rings. The van der Waals surface area contributed by atoms with E-state index in [-0.39, 0.29) is 5.91 Å². The Hall–Kier alpha value is -3.15. The molecule has 1 saturated heterocycles. The second kappa shape index (κ2) is 7.61. The summed E-state index contributed by atoms with van der Waals surface area (Å²) in [5, 5.41) is 4.08. The maximum Gasteiger partial charge on any atom is 0.258 e. The summed E-state index contributed by atoms with van der Waals surface area (Å²) < 4.78 is 10.6. The van der Waals surface area contributed by atoms with Gasteiger partial charge in [0.25, 0.3) is 11.8 Å². The normalized spacial score (nSPS) is 14.2. The average Bonchev–Trinajstić information content (AvgIpc) is 3.24. The number of likely N-dealkylation sites (tertiary alicyclic amines) is 1. The number of hydrogen-bond donors (Lipinski definition) is 0. The molecule has 0 bridgehead atoms. The van der Waals surface area contributed by atoms with Crippen LogP contribution >= 0.6 is 0 Å². The summed E-state index contributed by atoms with van der Waals surface area (Å²) in [5.41, 5.74) is 2.20. The third kappa shape index (κ3) is 3.69. The summed E-state index contributed by atoms with van der Waals surface area (Å²) in [5.74, 6) is 1.66. The number of carbonyl (C=O) groups is 1. The minimum atomic E-state index is 0.0630. The Morgan fingerprint density at radius 3 is 2.63 bits per heavy atom. The molecule has 2 heterocycles. The number of carbonyl (C=O) groups excluding carboxylic acids is 1. The smallest absolute Gasteiger partial charge is 0.258 e. The van der Waals surface area contributed by atoms with Crippen molar-refractivity contribution in [1.82, 2.24) is 15.0 Å². The van der Waals surface area contributed by atoms with Crippen LogP contribution in [0.2, 0.25) is 0 Å². The van der Waals surface area contributed by atoms with Gasteiger partial charge in [-0.25, -0.2) is 0 Å². The van der Waals surface area contributed by atoms with E-state index >= 15 is 0 Å². The quantitative estimate of drug-likeness (QED) is 0.700. The van der Waals surface area contributed by atoms with E-state index in [2.05, 4.69) is 10.1 Å². The van der Waals surface area contributed by atoms with Crippen LogP contribution in [0.15, 0.2) is 53.1 Å². The zero-order valence-electron chi connectivity index (χ0n) is 15.2. The van der Waals surface area contributed by atoms with Gasteiger partial charge in [0, 0.05) is 29.8 Å². The molecule has 6 heteroatoms. The molecule has 6 nitrogen and oxygen atoms in total. The molecule has 0 N–H and O–H groups in total. The largest absolute Gasteiger partial charge is 0.497 e. The van der Waals surface area contributed by atoms with Gasteiger partial charge in [-0.2, -0.15) is 4.98 Å². The van der Waals surface area contributed by atoms with Crippen molar-refractivity contribution in [1.29, 1.82) is 0 Å². The SMILES string of the molecule is COc1cccc(-c2nc(-c3cccc(C(=O)N4CCCCC4)c3)no2)c1. The summed E-state index contributed by atoms with van der Waals surface area (Å²) in [7, 11) is 1.61. The first-order valence-corrected chi connectivity index (χ1v) is 9.12. The van der Waals surface area contributed by atoms with E-state index in [0.717, 1.165) is 42.8 Å². The van der Waals surface area contributed by atoms with Crippen molar-refractivity contribution in [3.05, 3.63) is 54.1 Å². The summed E-state index contributed by atoms with van der Waals surface area (Å²) in [4.78, 5) is 19.1. The molecule has 0 aliphatic carbocycles. The highest BCUT2D eigenvalue weighted by atomic mass is 16.5. The molecule has 138 valence electrons. The first-order valence-electron chi connectivity index (χ1n) is 9.12.